The molecule has 1 unspecified atom stereocenters. The highest BCUT2D eigenvalue weighted by Gasteiger charge is 2.12. The van der Waals surface area contributed by atoms with E-state index in [2.05, 4.69) is 17.2 Å². The first-order chi connectivity index (χ1) is 6.11. The summed E-state index contributed by atoms with van der Waals surface area (Å²) in [6.07, 6.45) is 2.03. The van der Waals surface area contributed by atoms with Crippen LogP contribution in [-0.4, -0.2) is 24.4 Å². The van der Waals surface area contributed by atoms with Crippen LogP contribution in [-0.2, 0) is 9.59 Å². The van der Waals surface area contributed by atoms with Crippen molar-refractivity contribution in [2.45, 2.75) is 26.3 Å². The first kappa shape index (κ1) is 11.7. The second-order valence-corrected chi connectivity index (χ2v) is 2.73. The Hall–Kier alpha value is -1.32. The lowest BCUT2D eigenvalue weighted by Gasteiger charge is -2.11. The summed E-state index contributed by atoms with van der Waals surface area (Å²) in [4.78, 5) is 22.0. The van der Waals surface area contributed by atoms with Crippen molar-refractivity contribution in [3.8, 4) is 0 Å². The molecule has 0 aromatic carbocycles. The first-order valence-electron chi connectivity index (χ1n) is 4.32. The minimum Gasteiger partial charge on any atom is -0.354 e. The van der Waals surface area contributed by atoms with Crippen LogP contribution in [0.2, 0.25) is 0 Å². The number of nitrogens with one attached hydrogen (secondary N) is 2. The van der Waals surface area contributed by atoms with Crippen molar-refractivity contribution in [2.24, 2.45) is 0 Å². The predicted molar refractivity (Wildman–Crippen MR) is 51.1 cm³/mol. The monoisotopic (exact) mass is 184 g/mol. The first-order valence-corrected chi connectivity index (χ1v) is 4.32. The Balaban J connectivity index is 3.81. The van der Waals surface area contributed by atoms with E-state index in [0.29, 0.717) is 6.54 Å². The van der Waals surface area contributed by atoms with E-state index in [9.17, 15) is 9.59 Å². The second kappa shape index (κ2) is 6.22. The van der Waals surface area contributed by atoms with Crippen molar-refractivity contribution in [2.75, 3.05) is 6.54 Å². The molecule has 0 saturated carbocycles. The highest BCUT2D eigenvalue weighted by molar-refractivity contribution is 5.92. The molecular weight excluding hydrogens is 168 g/mol. The molecule has 0 radical (unpaired) electrons. The highest BCUT2D eigenvalue weighted by atomic mass is 16.2. The van der Waals surface area contributed by atoms with Crippen LogP contribution in [0.1, 0.15) is 20.3 Å². The Morgan fingerprint density at radius 1 is 1.54 bits per heavy atom. The normalized spacial score (nSPS) is 11.5. The van der Waals surface area contributed by atoms with Gasteiger partial charge in [-0.15, -0.1) is 0 Å². The van der Waals surface area contributed by atoms with Crippen molar-refractivity contribution in [1.82, 2.24) is 10.6 Å². The van der Waals surface area contributed by atoms with Crippen molar-refractivity contribution < 1.29 is 9.59 Å². The van der Waals surface area contributed by atoms with E-state index >= 15 is 0 Å². The van der Waals surface area contributed by atoms with Gasteiger partial charge in [0.15, 0.2) is 0 Å². The van der Waals surface area contributed by atoms with E-state index in [4.69, 9.17) is 0 Å². The van der Waals surface area contributed by atoms with Crippen molar-refractivity contribution in [1.29, 1.82) is 0 Å². The Labute approximate surface area is 78.4 Å². The molecule has 0 saturated heterocycles. The van der Waals surface area contributed by atoms with Crippen LogP contribution in [0.25, 0.3) is 0 Å². The van der Waals surface area contributed by atoms with Gasteiger partial charge in [0.2, 0.25) is 11.8 Å². The molecule has 0 aliphatic heterocycles. The van der Waals surface area contributed by atoms with E-state index in [0.717, 1.165) is 12.5 Å². The summed E-state index contributed by atoms with van der Waals surface area (Å²) in [6, 6.07) is -0.503. The molecule has 1 atom stereocenters. The average molecular weight is 184 g/mol. The van der Waals surface area contributed by atoms with E-state index < -0.39 is 6.04 Å². The van der Waals surface area contributed by atoms with E-state index in [1.54, 1.807) is 6.92 Å². The standard InChI is InChI=1S/C9H16N2O2/c1-4-6-10-9(13)7(3)11-8(12)5-2/h5,7H,2,4,6H2,1,3H3,(H,10,13)(H,11,12). The third-order valence-electron chi connectivity index (χ3n) is 1.49. The van der Waals surface area contributed by atoms with Gasteiger partial charge in [-0.05, 0) is 19.4 Å². The van der Waals surface area contributed by atoms with Crippen molar-refractivity contribution >= 4 is 11.8 Å². The molecule has 0 aliphatic carbocycles. The summed E-state index contributed by atoms with van der Waals surface area (Å²) < 4.78 is 0. The molecule has 13 heavy (non-hydrogen) atoms. The van der Waals surface area contributed by atoms with Crippen LogP contribution >= 0.6 is 0 Å². The topological polar surface area (TPSA) is 58.2 Å². The number of carbonyl (C=O) groups excluding carboxylic acids is 2. The predicted octanol–water partition coefficient (Wildman–Crippen LogP) is 0.203. The Kier molecular flexibility index (Phi) is 5.59. The van der Waals surface area contributed by atoms with Gasteiger partial charge in [0.1, 0.15) is 6.04 Å². The summed E-state index contributed by atoms with van der Waals surface area (Å²) in [5.41, 5.74) is 0. The van der Waals surface area contributed by atoms with E-state index in [1.807, 2.05) is 6.92 Å². The SMILES string of the molecule is C=CC(=O)NC(C)C(=O)NCCC. The maximum atomic E-state index is 11.2. The van der Waals surface area contributed by atoms with Gasteiger partial charge in [-0.3, -0.25) is 9.59 Å². The average Bonchev–Trinajstić information content (AvgIpc) is 2.13. The molecule has 4 heteroatoms. The molecule has 0 bridgehead atoms. The quantitative estimate of drug-likeness (QED) is 0.600. The van der Waals surface area contributed by atoms with Crippen LogP contribution < -0.4 is 10.6 Å². The lowest BCUT2D eigenvalue weighted by molar-refractivity contribution is -0.126. The van der Waals surface area contributed by atoms with Gasteiger partial charge >= 0.3 is 0 Å². The molecule has 4 nitrogen and oxygen atoms in total. The molecule has 0 spiro atoms. The van der Waals surface area contributed by atoms with Crippen LogP contribution in [0.5, 0.6) is 0 Å². The zero-order chi connectivity index (χ0) is 10.3. The maximum Gasteiger partial charge on any atom is 0.244 e. The molecule has 0 aromatic rings. The summed E-state index contributed by atoms with van der Waals surface area (Å²) >= 11 is 0. The van der Waals surface area contributed by atoms with Gasteiger partial charge in [-0.25, -0.2) is 0 Å². The number of hydrogen-bond donors (Lipinski definition) is 2. The van der Waals surface area contributed by atoms with Gasteiger partial charge in [-0.2, -0.15) is 0 Å². The molecule has 0 fully saturated rings. The van der Waals surface area contributed by atoms with Crippen molar-refractivity contribution in [3.63, 3.8) is 0 Å². The third kappa shape index (κ3) is 5.00. The molecule has 0 rings (SSSR count). The zero-order valence-electron chi connectivity index (χ0n) is 8.09. The zero-order valence-corrected chi connectivity index (χ0v) is 8.09. The fourth-order valence-corrected chi connectivity index (χ4v) is 0.739. The molecule has 0 aliphatic rings. The lowest BCUT2D eigenvalue weighted by Crippen LogP contribution is -2.44. The van der Waals surface area contributed by atoms with Gasteiger partial charge in [0.05, 0.1) is 0 Å². The maximum absolute atomic E-state index is 11.2. The van der Waals surface area contributed by atoms with Gasteiger partial charge in [0, 0.05) is 6.54 Å². The number of amides is 2. The summed E-state index contributed by atoms with van der Waals surface area (Å²) in [5, 5.41) is 5.14. The fraction of sp³-hybridized carbons (Fsp3) is 0.556. The largest absolute Gasteiger partial charge is 0.354 e. The van der Waals surface area contributed by atoms with Crippen LogP contribution in [0.3, 0.4) is 0 Å². The Morgan fingerprint density at radius 3 is 2.62 bits per heavy atom. The fourth-order valence-electron chi connectivity index (χ4n) is 0.739. The molecule has 74 valence electrons. The molecule has 0 heterocycles. The summed E-state index contributed by atoms with van der Waals surface area (Å²) in [5.74, 6) is -0.504. The minimum atomic E-state index is -0.503. The Bertz CT molecular complexity index is 202. The van der Waals surface area contributed by atoms with Crippen LogP contribution in [0.15, 0.2) is 12.7 Å². The van der Waals surface area contributed by atoms with E-state index in [-0.39, 0.29) is 11.8 Å². The lowest BCUT2D eigenvalue weighted by atomic mass is 10.3. The van der Waals surface area contributed by atoms with Gasteiger partial charge in [0.25, 0.3) is 0 Å². The highest BCUT2D eigenvalue weighted by Crippen LogP contribution is 1.83. The number of rotatable bonds is 5. The Morgan fingerprint density at radius 2 is 2.15 bits per heavy atom. The number of hydrogen-bond acceptors (Lipinski definition) is 2. The number of carbonyl (C=O) groups is 2. The third-order valence-corrected chi connectivity index (χ3v) is 1.49. The van der Waals surface area contributed by atoms with Gasteiger partial charge < -0.3 is 10.6 Å². The van der Waals surface area contributed by atoms with Crippen molar-refractivity contribution in [3.05, 3.63) is 12.7 Å². The molecular formula is C9H16N2O2. The van der Waals surface area contributed by atoms with Crippen LogP contribution in [0.4, 0.5) is 0 Å². The minimum absolute atomic E-state index is 0.169. The second-order valence-electron chi connectivity index (χ2n) is 2.73. The smallest absolute Gasteiger partial charge is 0.244 e. The van der Waals surface area contributed by atoms with Gasteiger partial charge in [-0.1, -0.05) is 13.5 Å². The molecule has 0 aromatic heterocycles. The van der Waals surface area contributed by atoms with E-state index in [1.165, 1.54) is 0 Å². The molecule has 2 amide bonds. The van der Waals surface area contributed by atoms with Crippen LogP contribution in [0, 0.1) is 0 Å². The summed E-state index contributed by atoms with van der Waals surface area (Å²) in [6.45, 7) is 7.52. The molecule has 2 N–H and O–H groups in total. The summed E-state index contributed by atoms with van der Waals surface area (Å²) in [7, 11) is 0.